The molecule has 13 heteroatoms. The Balaban J connectivity index is 5.17. The van der Waals surface area contributed by atoms with Crippen molar-refractivity contribution in [3.05, 3.63) is 0 Å². The molecule has 0 heterocycles. The van der Waals surface area contributed by atoms with Crippen molar-refractivity contribution in [1.82, 2.24) is 16.0 Å². The van der Waals surface area contributed by atoms with Crippen LogP contribution in [0.15, 0.2) is 0 Å². The highest BCUT2D eigenvalue weighted by Crippen LogP contribution is 2.06. The van der Waals surface area contributed by atoms with Crippen molar-refractivity contribution in [2.75, 3.05) is 12.4 Å². The summed E-state index contributed by atoms with van der Waals surface area (Å²) in [5.74, 6) is -4.85. The van der Waals surface area contributed by atoms with E-state index in [9.17, 15) is 29.1 Å². The molecule has 0 spiro atoms. The van der Waals surface area contributed by atoms with Gasteiger partial charge in [-0.2, -0.15) is 12.6 Å². The molecule has 0 saturated heterocycles. The summed E-state index contributed by atoms with van der Waals surface area (Å²) >= 11 is 3.81. The topological polar surface area (TPSA) is 214 Å². The summed E-state index contributed by atoms with van der Waals surface area (Å²) in [7, 11) is 0. The second-order valence-electron chi connectivity index (χ2n) is 6.79. The van der Waals surface area contributed by atoms with E-state index in [4.69, 9.17) is 16.6 Å². The van der Waals surface area contributed by atoms with E-state index >= 15 is 0 Å². The summed E-state index contributed by atoms with van der Waals surface area (Å²) in [6.45, 7) is 2.77. The van der Waals surface area contributed by atoms with Gasteiger partial charge in [-0.1, -0.05) is 13.8 Å². The second kappa shape index (κ2) is 13.0. The molecule has 0 bridgehead atoms. The van der Waals surface area contributed by atoms with Gasteiger partial charge in [0.1, 0.15) is 18.1 Å². The Morgan fingerprint density at radius 1 is 0.931 bits per heavy atom. The normalized spacial score (nSPS) is 15.0. The monoisotopic (exact) mass is 435 g/mol. The molecule has 4 amide bonds. The lowest BCUT2D eigenvalue weighted by Crippen LogP contribution is -2.58. The number of amides is 4. The van der Waals surface area contributed by atoms with Crippen LogP contribution in [0.1, 0.15) is 26.7 Å². The van der Waals surface area contributed by atoms with Crippen LogP contribution in [0.4, 0.5) is 0 Å². The van der Waals surface area contributed by atoms with Gasteiger partial charge in [0.25, 0.3) is 0 Å². The number of nitrogens with two attached hydrogens (primary N) is 2. The number of carbonyl (C=O) groups is 5. The molecule has 0 aliphatic heterocycles. The number of carboxylic acid groups (broad SMARTS) is 1. The quantitative estimate of drug-likeness (QED) is 0.137. The number of carbonyl (C=O) groups excluding carboxylic acids is 4. The molecule has 4 atom stereocenters. The molecule has 0 aromatic carbocycles. The lowest BCUT2D eigenvalue weighted by molar-refractivity contribution is -0.142. The summed E-state index contributed by atoms with van der Waals surface area (Å²) in [5.41, 5.74) is 10.6. The largest absolute Gasteiger partial charge is 0.480 e. The number of primary amides is 1. The third-order valence-electron chi connectivity index (χ3n) is 3.71. The van der Waals surface area contributed by atoms with Crippen molar-refractivity contribution in [3.63, 3.8) is 0 Å². The smallest absolute Gasteiger partial charge is 0.327 e. The number of aliphatic hydroxyl groups excluding tert-OH is 1. The molecule has 0 aromatic heterocycles. The minimum Gasteiger partial charge on any atom is -0.480 e. The number of thiol groups is 1. The minimum atomic E-state index is -1.45. The first kappa shape index (κ1) is 26.6. The molecular weight excluding hydrogens is 406 g/mol. The molecule has 4 unspecified atom stereocenters. The van der Waals surface area contributed by atoms with E-state index in [1.165, 1.54) is 0 Å². The first-order chi connectivity index (χ1) is 13.4. The van der Waals surface area contributed by atoms with Crippen molar-refractivity contribution in [2.45, 2.75) is 50.9 Å². The first-order valence-corrected chi connectivity index (χ1v) is 9.45. The van der Waals surface area contributed by atoms with E-state index in [0.29, 0.717) is 0 Å². The van der Waals surface area contributed by atoms with Crippen LogP contribution >= 0.6 is 12.6 Å². The van der Waals surface area contributed by atoms with Gasteiger partial charge in [0.2, 0.25) is 23.6 Å². The molecule has 0 radical (unpaired) electrons. The number of aliphatic carboxylic acids is 1. The minimum absolute atomic E-state index is 0.0413. The molecule has 0 aromatic rings. The molecule has 0 aliphatic carbocycles. The number of hydrogen-bond acceptors (Lipinski definition) is 8. The van der Waals surface area contributed by atoms with E-state index in [2.05, 4.69) is 28.6 Å². The molecule has 0 aliphatic rings. The van der Waals surface area contributed by atoms with Gasteiger partial charge in [-0.25, -0.2) is 4.79 Å². The van der Waals surface area contributed by atoms with Gasteiger partial charge in [0, 0.05) is 5.75 Å². The number of aliphatic hydroxyl groups is 1. The second-order valence-corrected chi connectivity index (χ2v) is 7.16. The number of rotatable bonds is 13. The molecule has 0 saturated carbocycles. The number of nitrogens with one attached hydrogen (secondary N) is 3. The van der Waals surface area contributed by atoms with Crippen LogP contribution in [-0.2, 0) is 24.0 Å². The van der Waals surface area contributed by atoms with Gasteiger partial charge in [-0.15, -0.1) is 0 Å². The molecule has 29 heavy (non-hydrogen) atoms. The van der Waals surface area contributed by atoms with Crippen LogP contribution in [0, 0.1) is 5.92 Å². The van der Waals surface area contributed by atoms with E-state index in [-0.39, 0.29) is 18.1 Å². The molecule has 0 fully saturated rings. The van der Waals surface area contributed by atoms with Crippen molar-refractivity contribution < 1.29 is 34.2 Å². The predicted molar refractivity (Wildman–Crippen MR) is 106 cm³/mol. The average molecular weight is 436 g/mol. The maximum Gasteiger partial charge on any atom is 0.327 e. The third-order valence-corrected chi connectivity index (χ3v) is 4.08. The Morgan fingerprint density at radius 2 is 1.41 bits per heavy atom. The molecule has 0 rings (SSSR count). The fourth-order valence-corrected chi connectivity index (χ4v) is 2.46. The van der Waals surface area contributed by atoms with Crippen molar-refractivity contribution in [1.29, 1.82) is 0 Å². The van der Waals surface area contributed by atoms with E-state index in [0.717, 1.165) is 0 Å². The molecule has 9 N–H and O–H groups in total. The van der Waals surface area contributed by atoms with Gasteiger partial charge in [0.05, 0.1) is 19.1 Å². The maximum absolute atomic E-state index is 12.5. The standard InChI is InChI=1S/C16H29N5O7S/c1-7(2)3-9(19-13(24)8(17)4-12(18)23)14(25)20-10(5-22)15(26)21-11(6-29)16(27)28/h7-11,22,29H,3-6,17H2,1-2H3,(H2,18,23)(H,19,24)(H,20,25)(H,21,26)(H,27,28). The fourth-order valence-electron chi connectivity index (χ4n) is 2.22. The van der Waals surface area contributed by atoms with Gasteiger partial charge >= 0.3 is 5.97 Å². The van der Waals surface area contributed by atoms with Crippen molar-refractivity contribution in [2.24, 2.45) is 17.4 Å². The lowest BCUT2D eigenvalue weighted by atomic mass is 10.0. The summed E-state index contributed by atoms with van der Waals surface area (Å²) in [6.07, 6.45) is -0.237. The van der Waals surface area contributed by atoms with Crippen molar-refractivity contribution in [3.8, 4) is 0 Å². The molecule has 12 nitrogen and oxygen atoms in total. The highest BCUT2D eigenvalue weighted by molar-refractivity contribution is 7.80. The van der Waals surface area contributed by atoms with E-state index in [1.54, 1.807) is 13.8 Å². The lowest BCUT2D eigenvalue weighted by Gasteiger charge is -2.25. The summed E-state index contributed by atoms with van der Waals surface area (Å²) in [6, 6.07) is -5.12. The molecule has 166 valence electrons. The van der Waals surface area contributed by atoms with Crippen molar-refractivity contribution >= 4 is 42.2 Å². The number of hydrogen-bond donors (Lipinski definition) is 8. The van der Waals surface area contributed by atoms with Crippen LogP contribution in [0.3, 0.4) is 0 Å². The highest BCUT2D eigenvalue weighted by atomic mass is 32.1. The predicted octanol–water partition coefficient (Wildman–Crippen LogP) is -3.30. The SMILES string of the molecule is CC(C)CC(NC(=O)C(N)CC(N)=O)C(=O)NC(CO)C(=O)NC(CS)C(=O)O. The number of carboxylic acids is 1. The van der Waals surface area contributed by atoms with Crippen LogP contribution < -0.4 is 27.4 Å². The van der Waals surface area contributed by atoms with Crippen LogP contribution in [0.5, 0.6) is 0 Å². The summed E-state index contributed by atoms with van der Waals surface area (Å²) in [4.78, 5) is 58.7. The van der Waals surface area contributed by atoms with Gasteiger partial charge in [-0.3, -0.25) is 19.2 Å². The third kappa shape index (κ3) is 10.1. The zero-order valence-corrected chi connectivity index (χ0v) is 17.1. The van der Waals surface area contributed by atoms with E-state index < -0.39 is 66.8 Å². The Kier molecular flexibility index (Phi) is 11.9. The highest BCUT2D eigenvalue weighted by Gasteiger charge is 2.30. The van der Waals surface area contributed by atoms with Gasteiger partial charge < -0.3 is 37.6 Å². The Bertz CT molecular complexity index is 616. The molecular formula is C16H29N5O7S. The van der Waals surface area contributed by atoms with Gasteiger partial charge in [0.15, 0.2) is 0 Å². The average Bonchev–Trinajstić information content (AvgIpc) is 2.61. The van der Waals surface area contributed by atoms with Crippen LogP contribution in [-0.4, -0.2) is 76.3 Å². The Morgan fingerprint density at radius 3 is 1.83 bits per heavy atom. The van der Waals surface area contributed by atoms with Crippen LogP contribution in [0.2, 0.25) is 0 Å². The Hall–Kier alpha value is -2.38. The maximum atomic E-state index is 12.5. The zero-order valence-electron chi connectivity index (χ0n) is 16.3. The van der Waals surface area contributed by atoms with Gasteiger partial charge in [-0.05, 0) is 12.3 Å². The summed E-state index contributed by atoms with van der Waals surface area (Å²) < 4.78 is 0. The van der Waals surface area contributed by atoms with E-state index in [1.807, 2.05) is 0 Å². The van der Waals surface area contributed by atoms with Crippen LogP contribution in [0.25, 0.3) is 0 Å². The summed E-state index contributed by atoms with van der Waals surface area (Å²) in [5, 5.41) is 25.1. The zero-order chi connectivity index (χ0) is 22.7. The first-order valence-electron chi connectivity index (χ1n) is 8.82. The fraction of sp³-hybridized carbons (Fsp3) is 0.688. The Labute approximate surface area is 173 Å².